The smallest absolute Gasteiger partial charge is 0.338 e. The molecule has 0 saturated carbocycles. The fourth-order valence-corrected chi connectivity index (χ4v) is 15.7. The van der Waals surface area contributed by atoms with E-state index in [-0.39, 0.29) is 36.5 Å². The second-order valence-corrected chi connectivity index (χ2v) is 35.3. The normalized spacial score (nSPS) is 11.5. The van der Waals surface area contributed by atoms with Gasteiger partial charge in [0.2, 0.25) is 0 Å². The lowest BCUT2D eigenvalue weighted by molar-refractivity contribution is 0.0494. The maximum absolute atomic E-state index is 13.6. The predicted molar refractivity (Wildman–Crippen MR) is 537 cm³/mol. The molecule has 0 aromatic heterocycles. The third kappa shape index (κ3) is 53.6. The van der Waals surface area contributed by atoms with Crippen LogP contribution in [-0.4, -0.2) is 96.0 Å². The van der Waals surface area contributed by atoms with Crippen LogP contribution in [0.15, 0.2) is 179 Å². The Morgan fingerprint density at radius 2 is 0.341 bits per heavy atom. The molecule has 7 aromatic rings. The number of carbonyl (C=O) groups is 3. The Morgan fingerprint density at radius 3 is 0.512 bits per heavy atom. The quantitative estimate of drug-likeness (QED) is 0.0153. The summed E-state index contributed by atoms with van der Waals surface area (Å²) < 4.78 is 53.5. The maximum atomic E-state index is 13.6. The van der Waals surface area contributed by atoms with Crippen molar-refractivity contribution in [1.82, 2.24) is 0 Å². The number of rotatable bonds is 81. The van der Waals surface area contributed by atoms with Gasteiger partial charge < -0.3 is 42.6 Å². The monoisotopic (exact) mass is 1770 g/mol. The van der Waals surface area contributed by atoms with Gasteiger partial charge in [-0.3, -0.25) is 15.0 Å². The molecule has 7 rings (SSSR count). The highest BCUT2D eigenvalue weighted by Gasteiger charge is 2.20. The summed E-state index contributed by atoms with van der Waals surface area (Å²) in [5.74, 6) is 3.33. The fourth-order valence-electron chi connectivity index (χ4n) is 15.7. The minimum atomic E-state index is -0.606. The van der Waals surface area contributed by atoms with E-state index in [1.807, 2.05) is 164 Å². The minimum absolute atomic E-state index is 0.104. The molecular weight excluding hydrogens is 1600 g/mol. The van der Waals surface area contributed by atoms with E-state index in [9.17, 15) is 14.4 Å². The van der Waals surface area contributed by atoms with Crippen molar-refractivity contribution in [3.63, 3.8) is 0 Å². The second kappa shape index (κ2) is 73.4. The van der Waals surface area contributed by atoms with Crippen LogP contribution in [-0.2, 0) is 14.2 Å². The highest BCUT2D eigenvalue weighted by atomic mass is 16.5. The number of ether oxygens (including phenoxy) is 9. The Kier molecular flexibility index (Phi) is 60.8. The van der Waals surface area contributed by atoms with Crippen molar-refractivity contribution in [2.75, 3.05) is 59.5 Å². The molecule has 15 heteroatoms. The van der Waals surface area contributed by atoms with E-state index in [0.717, 1.165) is 204 Å². The van der Waals surface area contributed by atoms with E-state index in [1.54, 1.807) is 0 Å². The third-order valence-corrected chi connectivity index (χ3v) is 23.8. The zero-order chi connectivity index (χ0) is 90.6. The maximum Gasteiger partial charge on any atom is 0.338 e. The summed E-state index contributed by atoms with van der Waals surface area (Å²) >= 11 is 0. The van der Waals surface area contributed by atoms with Gasteiger partial charge in [0.15, 0.2) is 0 Å². The standard InChI is InChI=1S/C114H165N3O12/c1-4-7-10-13-16-19-22-25-28-31-40-49-82-121-106-70-58-97(59-71-106)94-115-103-64-76-109(77-65-103)124-85-52-43-34-37-46-55-88-127-112(118)100-91-101(113(119)128-89-56-47-38-35-44-53-86-125-110-78-66-104(67-79-110)116-95-98-60-72-107(73-61-98)122-83-50-41-32-29-26-23-20-17-14-11-8-5-2)93-102(92-100)114(120)129-90-57-48-39-36-45-54-87-126-111-80-68-105(69-81-111)117-96-99-62-74-108(75-63-99)123-84-51-42-33-30-27-24-21-18-15-12-9-6-3/h58-81,91-96H,4-57,82-90H2,1-3H3. The third-order valence-electron chi connectivity index (χ3n) is 23.8. The Morgan fingerprint density at radius 1 is 0.194 bits per heavy atom. The SMILES string of the molecule is CCCCCCCCCCCCCCOc1ccc(C=Nc2ccc(OCCCCCCCCOC(=O)c3cc(C(=O)OCCCCCCCCOc4ccc(N=Cc5ccc(OCCCCCCCCCCCCCC)cc5)cc4)cc(C(=O)OCCCCCCCCOc4ccc(N=Cc5ccc(OCCCCCCCCCCCCCC)cc5)cc4)c3)cc2)cc1. The van der Waals surface area contributed by atoms with E-state index in [4.69, 9.17) is 42.6 Å². The summed E-state index contributed by atoms with van der Waals surface area (Å²) in [5.41, 5.74) is 5.95. The molecule has 0 aliphatic heterocycles. The summed E-state index contributed by atoms with van der Waals surface area (Å²) in [6.07, 6.45) is 70.2. The number of carbonyl (C=O) groups excluding carboxylic acids is 3. The molecular formula is C114H165N3O12. The van der Waals surface area contributed by atoms with Gasteiger partial charge in [0.25, 0.3) is 0 Å². The van der Waals surface area contributed by atoms with E-state index in [0.29, 0.717) is 39.1 Å². The summed E-state index contributed by atoms with van der Waals surface area (Å²) in [5, 5.41) is 0. The lowest BCUT2D eigenvalue weighted by Crippen LogP contribution is -2.14. The molecule has 0 N–H and O–H groups in total. The molecule has 0 radical (unpaired) electrons. The van der Waals surface area contributed by atoms with Crippen molar-refractivity contribution in [1.29, 1.82) is 0 Å². The lowest BCUT2D eigenvalue weighted by atomic mass is 10.1. The van der Waals surface area contributed by atoms with Gasteiger partial charge in [-0.05, 0) is 238 Å². The number of esters is 3. The van der Waals surface area contributed by atoms with Crippen LogP contribution in [0.5, 0.6) is 34.5 Å². The van der Waals surface area contributed by atoms with Gasteiger partial charge in [0.05, 0.1) is 93.2 Å². The first-order valence-electron chi connectivity index (χ1n) is 51.4. The largest absolute Gasteiger partial charge is 0.494 e. The van der Waals surface area contributed by atoms with Gasteiger partial charge in [-0.25, -0.2) is 14.4 Å². The molecule has 15 nitrogen and oxygen atoms in total. The average Bonchev–Trinajstić information content (AvgIpc) is 0.824. The first-order valence-corrected chi connectivity index (χ1v) is 51.4. The van der Waals surface area contributed by atoms with E-state index < -0.39 is 17.9 Å². The molecule has 0 unspecified atom stereocenters. The van der Waals surface area contributed by atoms with Gasteiger partial charge in [-0.2, -0.15) is 0 Å². The number of benzene rings is 7. The number of hydrogen-bond donors (Lipinski definition) is 0. The lowest BCUT2D eigenvalue weighted by Gasteiger charge is -2.11. The number of unbranched alkanes of at least 4 members (excludes halogenated alkanes) is 48. The molecule has 708 valence electrons. The zero-order valence-electron chi connectivity index (χ0n) is 80.1. The molecule has 0 aliphatic carbocycles. The molecule has 0 aliphatic rings. The Balaban J connectivity index is 0.741. The van der Waals surface area contributed by atoms with Gasteiger partial charge in [-0.15, -0.1) is 0 Å². The van der Waals surface area contributed by atoms with E-state index in [1.165, 1.54) is 230 Å². The molecule has 7 aromatic carbocycles. The molecule has 0 heterocycles. The minimum Gasteiger partial charge on any atom is -0.494 e. The Hall–Kier alpha value is -9.24. The van der Waals surface area contributed by atoms with Crippen LogP contribution in [0.3, 0.4) is 0 Å². The van der Waals surface area contributed by atoms with Crippen LogP contribution in [0.25, 0.3) is 0 Å². The highest BCUT2D eigenvalue weighted by Crippen LogP contribution is 2.27. The Bertz CT molecular complexity index is 3590. The van der Waals surface area contributed by atoms with Gasteiger partial charge in [-0.1, -0.05) is 310 Å². The summed E-state index contributed by atoms with van der Waals surface area (Å²) in [4.78, 5) is 55.0. The average molecular weight is 1770 g/mol. The van der Waals surface area contributed by atoms with Crippen molar-refractivity contribution in [3.8, 4) is 34.5 Å². The van der Waals surface area contributed by atoms with Crippen LogP contribution in [0.2, 0.25) is 0 Å². The van der Waals surface area contributed by atoms with Crippen molar-refractivity contribution in [2.24, 2.45) is 15.0 Å². The van der Waals surface area contributed by atoms with Crippen molar-refractivity contribution < 1.29 is 57.0 Å². The summed E-state index contributed by atoms with van der Waals surface area (Å²) in [6.45, 7) is 11.6. The molecule has 0 atom stereocenters. The highest BCUT2D eigenvalue weighted by molar-refractivity contribution is 6.00. The van der Waals surface area contributed by atoms with Crippen LogP contribution in [0.1, 0.15) is 415 Å². The first kappa shape index (κ1) is 107. The van der Waals surface area contributed by atoms with Gasteiger partial charge in [0.1, 0.15) is 34.5 Å². The van der Waals surface area contributed by atoms with E-state index >= 15 is 0 Å². The molecule has 129 heavy (non-hydrogen) atoms. The first-order chi connectivity index (χ1) is 63.7. The van der Waals surface area contributed by atoms with Crippen LogP contribution in [0, 0.1) is 0 Å². The number of hydrogen-bond acceptors (Lipinski definition) is 15. The van der Waals surface area contributed by atoms with E-state index in [2.05, 4.69) is 35.7 Å². The number of nitrogens with zero attached hydrogens (tertiary/aromatic N) is 3. The second-order valence-electron chi connectivity index (χ2n) is 35.3. The predicted octanol–water partition coefficient (Wildman–Crippen LogP) is 32.9. The topological polar surface area (TPSA) is 171 Å². The zero-order valence-corrected chi connectivity index (χ0v) is 80.1. The van der Waals surface area contributed by atoms with Gasteiger partial charge >= 0.3 is 17.9 Å². The van der Waals surface area contributed by atoms with Crippen LogP contribution < -0.4 is 28.4 Å². The molecule has 0 spiro atoms. The molecule has 0 saturated heterocycles. The van der Waals surface area contributed by atoms with Crippen molar-refractivity contribution in [2.45, 2.75) is 367 Å². The van der Waals surface area contributed by atoms with Crippen molar-refractivity contribution >= 4 is 53.6 Å². The van der Waals surface area contributed by atoms with Crippen LogP contribution >= 0.6 is 0 Å². The Labute approximate surface area is 779 Å². The van der Waals surface area contributed by atoms with Gasteiger partial charge in [0, 0.05) is 18.6 Å². The van der Waals surface area contributed by atoms with Crippen LogP contribution in [0.4, 0.5) is 17.1 Å². The van der Waals surface area contributed by atoms with Crippen molar-refractivity contribution in [3.05, 3.63) is 197 Å². The molecule has 0 amide bonds. The molecule has 0 bridgehead atoms. The fraction of sp³-hybridized carbons (Fsp3) is 0.579. The molecule has 0 fully saturated rings. The summed E-state index contributed by atoms with van der Waals surface area (Å²) in [7, 11) is 0. The number of aliphatic imine (C=N–C) groups is 3. The summed E-state index contributed by atoms with van der Waals surface area (Å²) in [6, 6.07) is 52.4.